The largest absolute Gasteiger partial charge is 0.0720 e. The molecule has 1 aliphatic carbocycles. The fraction of sp³-hybridized carbons (Fsp3) is 0.100. The second-order valence-electron chi connectivity index (χ2n) is 5.67. The van der Waals surface area contributed by atoms with Gasteiger partial charge in [0.1, 0.15) is 0 Å². The molecule has 1 heteroatoms. The first kappa shape index (κ1) is 12.8. The fourth-order valence-corrected chi connectivity index (χ4v) is 3.49. The second kappa shape index (κ2) is 4.85. The van der Waals surface area contributed by atoms with Crippen LogP contribution in [0.25, 0.3) is 16.8 Å². The molecule has 0 spiro atoms. The molecule has 102 valence electrons. The first-order valence-electron chi connectivity index (χ1n) is 7.19. The molecule has 0 N–H and O–H groups in total. The lowest BCUT2D eigenvalue weighted by Gasteiger charge is -2.14. The summed E-state index contributed by atoms with van der Waals surface area (Å²) in [6, 6.07) is 19.9. The SMILES string of the molecule is Cc1cc2c(cc1Br)C=CC2c1ccc2ccccc2c1. The molecule has 0 radical (unpaired) electrons. The third-order valence-corrected chi connectivity index (χ3v) is 5.15. The van der Waals surface area contributed by atoms with Crippen LogP contribution in [0.4, 0.5) is 0 Å². The van der Waals surface area contributed by atoms with Gasteiger partial charge < -0.3 is 0 Å². The number of aryl methyl sites for hydroxylation is 1. The van der Waals surface area contributed by atoms with Crippen molar-refractivity contribution in [3.8, 4) is 0 Å². The standard InChI is InChI=1S/C20H15Br/c1-13-10-19-17(12-20(13)21)8-9-18(19)16-7-6-14-4-2-3-5-15(14)11-16/h2-12,18H,1H3. The summed E-state index contributed by atoms with van der Waals surface area (Å²) in [5, 5.41) is 2.61. The van der Waals surface area contributed by atoms with Gasteiger partial charge in [-0.3, -0.25) is 0 Å². The van der Waals surface area contributed by atoms with Crippen LogP contribution in [0.5, 0.6) is 0 Å². The molecule has 0 aromatic heterocycles. The van der Waals surface area contributed by atoms with E-state index in [0.717, 1.165) is 0 Å². The molecule has 1 atom stereocenters. The zero-order chi connectivity index (χ0) is 14.4. The molecule has 0 nitrogen and oxygen atoms in total. The van der Waals surface area contributed by atoms with E-state index in [2.05, 4.69) is 89.6 Å². The van der Waals surface area contributed by atoms with Gasteiger partial charge in [0.2, 0.25) is 0 Å². The Morgan fingerprint density at radius 1 is 0.905 bits per heavy atom. The molecule has 1 unspecified atom stereocenters. The van der Waals surface area contributed by atoms with E-state index in [-0.39, 0.29) is 0 Å². The van der Waals surface area contributed by atoms with Gasteiger partial charge in [-0.2, -0.15) is 0 Å². The van der Waals surface area contributed by atoms with Crippen LogP contribution in [0.3, 0.4) is 0 Å². The highest BCUT2D eigenvalue weighted by Crippen LogP contribution is 2.38. The summed E-state index contributed by atoms with van der Waals surface area (Å²) in [6.07, 6.45) is 4.54. The molecule has 0 fully saturated rings. The van der Waals surface area contributed by atoms with Crippen molar-refractivity contribution < 1.29 is 0 Å². The maximum Gasteiger partial charge on any atom is 0.0279 e. The van der Waals surface area contributed by atoms with Crippen molar-refractivity contribution in [2.45, 2.75) is 12.8 Å². The summed E-state index contributed by atoms with van der Waals surface area (Å²) < 4.78 is 1.19. The monoisotopic (exact) mass is 334 g/mol. The molecule has 0 heterocycles. The van der Waals surface area contributed by atoms with E-state index in [9.17, 15) is 0 Å². The van der Waals surface area contributed by atoms with Gasteiger partial charge in [-0.1, -0.05) is 76.6 Å². The molecule has 0 aliphatic heterocycles. The van der Waals surface area contributed by atoms with Gasteiger partial charge in [-0.25, -0.2) is 0 Å². The Kier molecular flexibility index (Phi) is 2.97. The molecule has 4 rings (SSSR count). The van der Waals surface area contributed by atoms with Crippen LogP contribution in [-0.2, 0) is 0 Å². The minimum atomic E-state index is 0.372. The van der Waals surface area contributed by atoms with E-state index in [1.54, 1.807) is 0 Å². The molecule has 0 amide bonds. The van der Waals surface area contributed by atoms with Gasteiger partial charge in [0.15, 0.2) is 0 Å². The number of halogens is 1. The van der Waals surface area contributed by atoms with Crippen LogP contribution in [0, 0.1) is 6.92 Å². The average molecular weight is 335 g/mol. The van der Waals surface area contributed by atoms with E-state index in [4.69, 9.17) is 0 Å². The molecule has 3 aromatic carbocycles. The van der Waals surface area contributed by atoms with Crippen molar-refractivity contribution in [2.75, 3.05) is 0 Å². The van der Waals surface area contributed by atoms with Gasteiger partial charge in [-0.15, -0.1) is 0 Å². The lowest BCUT2D eigenvalue weighted by Crippen LogP contribution is -1.97. The van der Waals surface area contributed by atoms with E-state index in [1.807, 2.05) is 0 Å². The van der Waals surface area contributed by atoms with Crippen LogP contribution in [0.1, 0.15) is 28.2 Å². The van der Waals surface area contributed by atoms with Crippen molar-refractivity contribution in [2.24, 2.45) is 0 Å². The van der Waals surface area contributed by atoms with E-state index in [1.165, 1.54) is 37.5 Å². The lowest BCUT2D eigenvalue weighted by molar-refractivity contribution is 1.05. The summed E-state index contributed by atoms with van der Waals surface area (Å²) in [5.74, 6) is 0.372. The molecule has 1 aliphatic rings. The number of fused-ring (bicyclic) bond motifs is 2. The Labute approximate surface area is 133 Å². The van der Waals surface area contributed by atoms with Crippen molar-refractivity contribution in [3.05, 3.63) is 87.4 Å². The first-order valence-corrected chi connectivity index (χ1v) is 7.98. The summed E-state index contributed by atoms with van der Waals surface area (Å²) in [5.41, 5.74) is 5.39. The topological polar surface area (TPSA) is 0 Å². The van der Waals surface area contributed by atoms with Gasteiger partial charge in [0.05, 0.1) is 0 Å². The van der Waals surface area contributed by atoms with Crippen molar-refractivity contribution in [3.63, 3.8) is 0 Å². The maximum atomic E-state index is 3.62. The molecule has 0 saturated carbocycles. The fourth-order valence-electron chi connectivity index (χ4n) is 3.13. The van der Waals surface area contributed by atoms with Crippen LogP contribution in [-0.4, -0.2) is 0 Å². The second-order valence-corrected chi connectivity index (χ2v) is 6.53. The van der Waals surface area contributed by atoms with Crippen LogP contribution in [0.2, 0.25) is 0 Å². The quantitative estimate of drug-likeness (QED) is 0.506. The highest BCUT2D eigenvalue weighted by Gasteiger charge is 2.20. The van der Waals surface area contributed by atoms with E-state index < -0.39 is 0 Å². The molecule has 0 saturated heterocycles. The van der Waals surface area contributed by atoms with Crippen LogP contribution < -0.4 is 0 Å². The minimum Gasteiger partial charge on any atom is -0.0720 e. The summed E-state index contributed by atoms with van der Waals surface area (Å²) in [4.78, 5) is 0. The maximum absolute atomic E-state index is 3.62. The number of benzene rings is 3. The Hall–Kier alpha value is -1.86. The zero-order valence-electron chi connectivity index (χ0n) is 11.8. The number of rotatable bonds is 1. The molecule has 0 bridgehead atoms. The number of hydrogen-bond acceptors (Lipinski definition) is 0. The first-order chi connectivity index (χ1) is 10.2. The minimum absolute atomic E-state index is 0.372. The third kappa shape index (κ3) is 2.13. The highest BCUT2D eigenvalue weighted by atomic mass is 79.9. The third-order valence-electron chi connectivity index (χ3n) is 4.30. The van der Waals surface area contributed by atoms with Gasteiger partial charge in [-0.05, 0) is 46.0 Å². The van der Waals surface area contributed by atoms with Gasteiger partial charge in [0.25, 0.3) is 0 Å². The molecule has 21 heavy (non-hydrogen) atoms. The number of hydrogen-bond donors (Lipinski definition) is 0. The highest BCUT2D eigenvalue weighted by molar-refractivity contribution is 9.10. The lowest BCUT2D eigenvalue weighted by atomic mass is 9.91. The van der Waals surface area contributed by atoms with E-state index >= 15 is 0 Å². The predicted molar refractivity (Wildman–Crippen MR) is 93.7 cm³/mol. The normalized spacial score (nSPS) is 16.4. The summed E-state index contributed by atoms with van der Waals surface area (Å²) >= 11 is 3.62. The summed E-state index contributed by atoms with van der Waals surface area (Å²) in [7, 11) is 0. The van der Waals surface area contributed by atoms with E-state index in [0.29, 0.717) is 5.92 Å². The molecular formula is C20H15Br. The molecular weight excluding hydrogens is 320 g/mol. The Balaban J connectivity index is 1.85. The molecule has 3 aromatic rings. The predicted octanol–water partition coefficient (Wildman–Crippen LogP) is 6.07. The average Bonchev–Trinajstić information content (AvgIpc) is 2.90. The van der Waals surface area contributed by atoms with Crippen molar-refractivity contribution in [1.82, 2.24) is 0 Å². The van der Waals surface area contributed by atoms with Crippen molar-refractivity contribution in [1.29, 1.82) is 0 Å². The Bertz CT molecular complexity index is 874. The zero-order valence-corrected chi connectivity index (χ0v) is 13.4. The number of allylic oxidation sites excluding steroid dienone is 1. The Morgan fingerprint density at radius 2 is 1.71 bits per heavy atom. The van der Waals surface area contributed by atoms with Crippen molar-refractivity contribution >= 4 is 32.8 Å². The Morgan fingerprint density at radius 3 is 2.57 bits per heavy atom. The summed E-state index contributed by atoms with van der Waals surface area (Å²) in [6.45, 7) is 2.15. The van der Waals surface area contributed by atoms with Crippen LogP contribution in [0.15, 0.2) is 65.1 Å². The smallest absolute Gasteiger partial charge is 0.0279 e. The van der Waals surface area contributed by atoms with Gasteiger partial charge >= 0.3 is 0 Å². The van der Waals surface area contributed by atoms with Gasteiger partial charge in [0, 0.05) is 10.4 Å². The van der Waals surface area contributed by atoms with Crippen LogP contribution >= 0.6 is 15.9 Å².